The maximum Gasteiger partial charge on any atom is 0.0319 e. The Hall–Kier alpha value is -0.860. The van der Waals surface area contributed by atoms with Gasteiger partial charge in [-0.25, -0.2) is 0 Å². The highest BCUT2D eigenvalue weighted by molar-refractivity contribution is 5.19. The van der Waals surface area contributed by atoms with Crippen LogP contribution in [-0.2, 0) is 0 Å². The summed E-state index contributed by atoms with van der Waals surface area (Å²) < 4.78 is 0. The fraction of sp³-hybridized carbons (Fsp3) is 0.700. The van der Waals surface area contributed by atoms with Crippen molar-refractivity contribution in [3.8, 4) is 0 Å². The summed E-state index contributed by atoms with van der Waals surface area (Å²) in [7, 11) is 3.04. The zero-order valence-corrected chi connectivity index (χ0v) is 15.4. The molecule has 2 heteroatoms. The standard InChI is InChI=1S/C10H16.C9H19N.CH4O/c1-4-6-7-8-9-10(3)5-2;1-10-8-7-9-5-3-2-4-6-9;1-2/h5,7-9H,2,4,6H2,1,3H3;9-10H,2-8H2,1H3;2H,1H3/b8-7+,10-9-;;. The smallest absolute Gasteiger partial charge is 0.0319 e. The summed E-state index contributed by atoms with van der Waals surface area (Å²) in [4.78, 5) is 0. The van der Waals surface area contributed by atoms with Crippen LogP contribution in [0.5, 0.6) is 0 Å². The largest absolute Gasteiger partial charge is 0.400 e. The summed E-state index contributed by atoms with van der Waals surface area (Å²) in [5, 5.41) is 10.2. The van der Waals surface area contributed by atoms with Crippen molar-refractivity contribution in [2.45, 2.75) is 65.2 Å². The van der Waals surface area contributed by atoms with E-state index in [-0.39, 0.29) is 0 Å². The first kappa shape index (κ1) is 23.4. The summed E-state index contributed by atoms with van der Waals surface area (Å²) in [6.07, 6.45) is 19.4. The number of aliphatic hydroxyl groups excluding tert-OH is 1. The molecule has 0 amide bonds. The van der Waals surface area contributed by atoms with Crippen molar-refractivity contribution in [1.29, 1.82) is 0 Å². The van der Waals surface area contributed by atoms with E-state index >= 15 is 0 Å². The highest BCUT2D eigenvalue weighted by Gasteiger charge is 2.11. The van der Waals surface area contributed by atoms with Gasteiger partial charge in [-0.2, -0.15) is 0 Å². The highest BCUT2D eigenvalue weighted by atomic mass is 16.2. The van der Waals surface area contributed by atoms with Crippen LogP contribution >= 0.6 is 0 Å². The molecule has 0 bridgehead atoms. The molecule has 22 heavy (non-hydrogen) atoms. The molecule has 0 aliphatic heterocycles. The molecule has 1 aliphatic rings. The minimum absolute atomic E-state index is 1.00. The molecular weight excluding hydrogens is 270 g/mol. The summed E-state index contributed by atoms with van der Waals surface area (Å²) in [5.74, 6) is 1.04. The van der Waals surface area contributed by atoms with Crippen LogP contribution in [0.1, 0.15) is 65.2 Å². The summed E-state index contributed by atoms with van der Waals surface area (Å²) in [6, 6.07) is 0. The molecule has 0 aromatic carbocycles. The normalized spacial score (nSPS) is 15.6. The Morgan fingerprint density at radius 1 is 1.23 bits per heavy atom. The van der Waals surface area contributed by atoms with Gasteiger partial charge in [0.25, 0.3) is 0 Å². The lowest BCUT2D eigenvalue weighted by molar-refractivity contribution is 0.337. The lowest BCUT2D eigenvalue weighted by atomic mass is 9.87. The monoisotopic (exact) mass is 309 g/mol. The maximum absolute atomic E-state index is 7.00. The third kappa shape index (κ3) is 17.2. The molecule has 0 atom stereocenters. The Labute approximate surface area is 139 Å². The molecule has 0 spiro atoms. The summed E-state index contributed by atoms with van der Waals surface area (Å²) in [6.45, 7) is 9.09. The molecule has 0 saturated heterocycles. The molecule has 0 unspecified atom stereocenters. The predicted octanol–water partition coefficient (Wildman–Crippen LogP) is 5.26. The first-order valence-electron chi connectivity index (χ1n) is 8.79. The predicted molar refractivity (Wildman–Crippen MR) is 101 cm³/mol. The first-order valence-corrected chi connectivity index (χ1v) is 8.79. The minimum Gasteiger partial charge on any atom is -0.400 e. The highest BCUT2D eigenvalue weighted by Crippen LogP contribution is 2.25. The van der Waals surface area contributed by atoms with Gasteiger partial charge in [-0.1, -0.05) is 81.9 Å². The Bertz CT molecular complexity index is 275. The Balaban J connectivity index is 0. The van der Waals surface area contributed by atoms with Gasteiger partial charge in [0, 0.05) is 7.11 Å². The van der Waals surface area contributed by atoms with E-state index in [0.29, 0.717) is 0 Å². The van der Waals surface area contributed by atoms with Crippen molar-refractivity contribution in [1.82, 2.24) is 5.32 Å². The number of hydrogen-bond donors (Lipinski definition) is 2. The first-order chi connectivity index (χ1) is 10.7. The minimum atomic E-state index is 1.00. The van der Waals surface area contributed by atoms with Crippen molar-refractivity contribution >= 4 is 0 Å². The van der Waals surface area contributed by atoms with Crippen LogP contribution in [0.3, 0.4) is 0 Å². The van der Waals surface area contributed by atoms with E-state index < -0.39 is 0 Å². The van der Waals surface area contributed by atoms with E-state index in [0.717, 1.165) is 13.0 Å². The van der Waals surface area contributed by atoms with Gasteiger partial charge >= 0.3 is 0 Å². The molecule has 0 aromatic rings. The van der Waals surface area contributed by atoms with Crippen molar-refractivity contribution in [3.05, 3.63) is 36.5 Å². The van der Waals surface area contributed by atoms with Crippen LogP contribution in [0.25, 0.3) is 0 Å². The van der Waals surface area contributed by atoms with Gasteiger partial charge in [-0.05, 0) is 39.3 Å². The van der Waals surface area contributed by atoms with Crippen molar-refractivity contribution in [2.75, 3.05) is 20.7 Å². The molecule has 0 heterocycles. The van der Waals surface area contributed by atoms with Crippen molar-refractivity contribution in [3.63, 3.8) is 0 Å². The van der Waals surface area contributed by atoms with E-state index in [1.165, 1.54) is 63.5 Å². The molecule has 1 saturated carbocycles. The molecule has 0 aromatic heterocycles. The molecular formula is C20H39NO. The van der Waals surface area contributed by atoms with Gasteiger partial charge in [0.1, 0.15) is 0 Å². The molecule has 0 radical (unpaired) electrons. The van der Waals surface area contributed by atoms with Crippen LogP contribution < -0.4 is 5.32 Å². The average molecular weight is 310 g/mol. The molecule has 2 nitrogen and oxygen atoms in total. The average Bonchev–Trinajstić information content (AvgIpc) is 2.60. The molecule has 2 N–H and O–H groups in total. The van der Waals surface area contributed by atoms with Crippen molar-refractivity contribution < 1.29 is 5.11 Å². The van der Waals surface area contributed by atoms with Gasteiger partial charge in [0.15, 0.2) is 0 Å². The van der Waals surface area contributed by atoms with Crippen LogP contribution in [0.4, 0.5) is 0 Å². The second kappa shape index (κ2) is 20.1. The van der Waals surface area contributed by atoms with Gasteiger partial charge in [-0.3, -0.25) is 0 Å². The topological polar surface area (TPSA) is 32.3 Å². The fourth-order valence-corrected chi connectivity index (χ4v) is 2.38. The molecule has 1 fully saturated rings. The van der Waals surface area contributed by atoms with Crippen molar-refractivity contribution in [2.24, 2.45) is 5.92 Å². The van der Waals surface area contributed by atoms with Crippen LogP contribution in [0.15, 0.2) is 36.5 Å². The number of hydrogen-bond acceptors (Lipinski definition) is 2. The Morgan fingerprint density at radius 2 is 1.86 bits per heavy atom. The maximum atomic E-state index is 7.00. The third-order valence-corrected chi connectivity index (χ3v) is 3.80. The molecule has 130 valence electrons. The number of allylic oxidation sites excluding steroid dienone is 5. The SMILES string of the molecule is C=C/C(C)=C\C=C\CCC.CNCCC1CCCCC1.CO. The summed E-state index contributed by atoms with van der Waals surface area (Å²) >= 11 is 0. The number of nitrogens with one attached hydrogen (secondary N) is 1. The van der Waals surface area contributed by atoms with Crippen LogP contribution in [0, 0.1) is 5.92 Å². The van der Waals surface area contributed by atoms with Gasteiger partial charge in [0.2, 0.25) is 0 Å². The molecule has 1 aliphatic carbocycles. The van der Waals surface area contributed by atoms with Gasteiger partial charge in [-0.15, -0.1) is 0 Å². The Morgan fingerprint density at radius 3 is 2.36 bits per heavy atom. The van der Waals surface area contributed by atoms with Gasteiger partial charge in [0.05, 0.1) is 0 Å². The van der Waals surface area contributed by atoms with E-state index in [4.69, 9.17) is 5.11 Å². The third-order valence-electron chi connectivity index (χ3n) is 3.80. The van der Waals surface area contributed by atoms with E-state index in [9.17, 15) is 0 Å². The quantitative estimate of drug-likeness (QED) is 0.629. The van der Waals surface area contributed by atoms with E-state index in [1.54, 1.807) is 0 Å². The van der Waals surface area contributed by atoms with Crippen LogP contribution in [-0.4, -0.2) is 25.8 Å². The van der Waals surface area contributed by atoms with Crippen LogP contribution in [0.2, 0.25) is 0 Å². The van der Waals surface area contributed by atoms with E-state index in [2.05, 4.69) is 37.0 Å². The second-order valence-corrected chi connectivity index (χ2v) is 5.73. The Kier molecular flexibility index (Phi) is 21.4. The zero-order chi connectivity index (χ0) is 17.1. The second-order valence-electron chi connectivity index (χ2n) is 5.73. The van der Waals surface area contributed by atoms with E-state index in [1.807, 2.05) is 20.0 Å². The number of rotatable bonds is 7. The summed E-state index contributed by atoms with van der Waals surface area (Å²) in [5.41, 5.74) is 1.22. The number of aliphatic hydroxyl groups is 1. The fourth-order valence-electron chi connectivity index (χ4n) is 2.38. The lowest BCUT2D eigenvalue weighted by Crippen LogP contribution is -2.15. The molecule has 1 rings (SSSR count). The van der Waals surface area contributed by atoms with Gasteiger partial charge < -0.3 is 10.4 Å². The lowest BCUT2D eigenvalue weighted by Gasteiger charge is -2.20. The zero-order valence-electron chi connectivity index (χ0n) is 15.4. The number of unbranched alkanes of at least 4 members (excludes halogenated alkanes) is 1.